The smallest absolute Gasteiger partial charge is 0.240 e. The third-order valence-electron chi connectivity index (χ3n) is 5.58. The van der Waals surface area contributed by atoms with Gasteiger partial charge in [0.05, 0.1) is 5.56 Å². The van der Waals surface area contributed by atoms with Gasteiger partial charge in [0.2, 0.25) is 11.0 Å². The Morgan fingerprint density at radius 2 is 1.39 bits per heavy atom. The zero-order valence-electron chi connectivity index (χ0n) is 17.5. The summed E-state index contributed by atoms with van der Waals surface area (Å²) in [6.07, 6.45) is 0. The first-order valence-electron chi connectivity index (χ1n) is 10.1. The molecule has 1 aliphatic carbocycles. The van der Waals surface area contributed by atoms with Crippen LogP contribution in [0.3, 0.4) is 0 Å². The molecule has 0 radical (unpaired) electrons. The Bertz CT molecular complexity index is 1360. The molecule has 0 unspecified atom stereocenters. The van der Waals surface area contributed by atoms with E-state index in [1.165, 1.54) is 0 Å². The van der Waals surface area contributed by atoms with Crippen LogP contribution in [-0.4, -0.2) is 14.1 Å². The first kappa shape index (κ1) is 20.7. The van der Waals surface area contributed by atoms with Gasteiger partial charge in [-0.15, -0.1) is 0 Å². The second kappa shape index (κ2) is 8.66. The SMILES string of the molecule is CN(c1ccccc1)c1ccc2oc3ccccc3cc-2c1=[N+](C)c1ccccc1.[Cl-]. The summed E-state index contributed by atoms with van der Waals surface area (Å²) in [5.41, 5.74) is 5.35. The average Bonchev–Trinajstić information content (AvgIpc) is 2.82. The van der Waals surface area contributed by atoms with Crippen molar-refractivity contribution in [2.24, 2.45) is 0 Å². The van der Waals surface area contributed by atoms with Crippen LogP contribution in [0, 0.1) is 0 Å². The van der Waals surface area contributed by atoms with Crippen LogP contribution in [0.1, 0.15) is 0 Å². The monoisotopic (exact) mass is 426 g/mol. The lowest BCUT2D eigenvalue weighted by Gasteiger charge is -2.20. The van der Waals surface area contributed by atoms with Gasteiger partial charge >= 0.3 is 0 Å². The molecule has 0 N–H and O–H groups in total. The van der Waals surface area contributed by atoms with Gasteiger partial charge < -0.3 is 21.7 Å². The fourth-order valence-electron chi connectivity index (χ4n) is 3.97. The summed E-state index contributed by atoms with van der Waals surface area (Å²) in [6.45, 7) is 0. The van der Waals surface area contributed by atoms with E-state index in [-0.39, 0.29) is 12.4 Å². The maximum absolute atomic E-state index is 6.27. The highest BCUT2D eigenvalue weighted by Crippen LogP contribution is 2.30. The van der Waals surface area contributed by atoms with Crippen LogP contribution in [-0.2, 0) is 0 Å². The van der Waals surface area contributed by atoms with E-state index in [1.54, 1.807) is 0 Å². The molecule has 4 heteroatoms. The molecule has 0 atom stereocenters. The fraction of sp³-hybridized carbons (Fsp3) is 0.0741. The molecule has 2 aliphatic rings. The highest BCUT2D eigenvalue weighted by Gasteiger charge is 2.22. The van der Waals surface area contributed by atoms with E-state index in [0.717, 1.165) is 44.7 Å². The normalized spacial score (nSPS) is 11.8. The highest BCUT2D eigenvalue weighted by molar-refractivity contribution is 5.84. The van der Waals surface area contributed by atoms with Crippen molar-refractivity contribution in [2.75, 3.05) is 19.0 Å². The molecule has 0 saturated carbocycles. The van der Waals surface area contributed by atoms with Crippen molar-refractivity contribution in [3.05, 3.63) is 108 Å². The number of para-hydroxylation sites is 3. The topological polar surface area (TPSA) is 19.4 Å². The molecule has 3 aromatic rings. The second-order valence-corrected chi connectivity index (χ2v) is 7.42. The molecule has 1 heterocycles. The number of rotatable bonds is 3. The van der Waals surface area contributed by atoms with Gasteiger partial charge in [-0.05, 0) is 36.4 Å². The van der Waals surface area contributed by atoms with Crippen molar-refractivity contribution in [1.29, 1.82) is 0 Å². The molecule has 3 nitrogen and oxygen atoms in total. The molecule has 31 heavy (non-hydrogen) atoms. The van der Waals surface area contributed by atoms with Crippen LogP contribution in [0.2, 0.25) is 0 Å². The molecule has 0 bridgehead atoms. The summed E-state index contributed by atoms with van der Waals surface area (Å²) >= 11 is 0. The van der Waals surface area contributed by atoms with Crippen LogP contribution in [0.25, 0.3) is 22.3 Å². The van der Waals surface area contributed by atoms with Gasteiger partial charge in [-0.1, -0.05) is 54.6 Å². The van der Waals surface area contributed by atoms with Crippen molar-refractivity contribution in [3.63, 3.8) is 0 Å². The molecule has 154 valence electrons. The van der Waals surface area contributed by atoms with E-state index in [2.05, 4.69) is 96.4 Å². The standard InChI is InChI=1S/C27H23N2O.ClH/c1-28(21-12-5-3-6-13-21)24-17-18-26-23(19-20-11-9-10-16-25(20)30-26)27(24)29(2)22-14-7-4-8-15-22;/h3-19H,1-2H3;1H/q+1;/p-1. The number of benzene rings is 4. The van der Waals surface area contributed by atoms with E-state index in [1.807, 2.05) is 30.3 Å². The summed E-state index contributed by atoms with van der Waals surface area (Å²) in [5, 5.41) is 2.20. The van der Waals surface area contributed by atoms with Crippen molar-refractivity contribution in [3.8, 4) is 11.3 Å². The largest absolute Gasteiger partial charge is 1.00 e. The van der Waals surface area contributed by atoms with Crippen molar-refractivity contribution < 1.29 is 16.8 Å². The highest BCUT2D eigenvalue weighted by atomic mass is 35.5. The van der Waals surface area contributed by atoms with Crippen LogP contribution in [0.4, 0.5) is 17.1 Å². The third-order valence-corrected chi connectivity index (χ3v) is 5.58. The third kappa shape index (κ3) is 3.80. The Balaban J connectivity index is 0.00000231. The molecular formula is C27H23ClN2O. The van der Waals surface area contributed by atoms with E-state index in [9.17, 15) is 0 Å². The van der Waals surface area contributed by atoms with Gasteiger partial charge in [-0.3, -0.25) is 0 Å². The van der Waals surface area contributed by atoms with E-state index >= 15 is 0 Å². The molecular weight excluding hydrogens is 404 g/mol. The minimum atomic E-state index is 0. The van der Waals surface area contributed by atoms with Gasteiger partial charge in [0.25, 0.3) is 0 Å². The Kier molecular flexibility index (Phi) is 5.79. The Hall–Kier alpha value is -3.56. The van der Waals surface area contributed by atoms with Gasteiger partial charge in [0, 0.05) is 30.3 Å². The number of fused-ring (bicyclic) bond motifs is 2. The van der Waals surface area contributed by atoms with Gasteiger partial charge in [-0.2, -0.15) is 4.58 Å². The quantitative estimate of drug-likeness (QED) is 0.326. The summed E-state index contributed by atoms with van der Waals surface area (Å²) in [4.78, 5) is 2.23. The van der Waals surface area contributed by atoms with Crippen LogP contribution in [0.15, 0.2) is 108 Å². The predicted molar refractivity (Wildman–Crippen MR) is 125 cm³/mol. The maximum atomic E-state index is 6.27. The average molecular weight is 427 g/mol. The fourth-order valence-corrected chi connectivity index (χ4v) is 3.97. The van der Waals surface area contributed by atoms with Crippen molar-refractivity contribution in [1.82, 2.24) is 4.58 Å². The molecule has 0 saturated heterocycles. The zero-order chi connectivity index (χ0) is 20.5. The van der Waals surface area contributed by atoms with E-state index in [4.69, 9.17) is 4.42 Å². The van der Waals surface area contributed by atoms with E-state index in [0.29, 0.717) is 0 Å². The molecule has 1 aliphatic heterocycles. The van der Waals surface area contributed by atoms with Gasteiger partial charge in [0.15, 0.2) is 0 Å². The minimum absolute atomic E-state index is 0. The number of anilines is 2. The number of halogens is 1. The molecule has 0 fully saturated rings. The molecule has 0 spiro atoms. The first-order chi connectivity index (χ1) is 14.7. The molecule has 0 amide bonds. The van der Waals surface area contributed by atoms with Crippen LogP contribution < -0.4 is 27.2 Å². The number of hydrogen-bond acceptors (Lipinski definition) is 2. The maximum Gasteiger partial charge on any atom is 0.240 e. The van der Waals surface area contributed by atoms with Crippen molar-refractivity contribution >= 4 is 28.0 Å². The van der Waals surface area contributed by atoms with Crippen LogP contribution in [0.5, 0.6) is 0 Å². The second-order valence-electron chi connectivity index (χ2n) is 7.42. The summed E-state index contributed by atoms with van der Waals surface area (Å²) in [7, 11) is 4.22. The number of nitrogens with zero attached hydrogens (tertiary/aromatic N) is 2. The first-order valence-corrected chi connectivity index (χ1v) is 10.1. The van der Waals surface area contributed by atoms with Crippen molar-refractivity contribution in [2.45, 2.75) is 0 Å². The minimum Gasteiger partial charge on any atom is -1.00 e. The van der Waals surface area contributed by atoms with E-state index < -0.39 is 0 Å². The Morgan fingerprint density at radius 3 is 2.13 bits per heavy atom. The zero-order valence-corrected chi connectivity index (χ0v) is 18.3. The lowest BCUT2D eigenvalue weighted by Crippen LogP contribution is -3.00. The Labute approximate surface area is 188 Å². The molecule has 0 aromatic heterocycles. The van der Waals surface area contributed by atoms with Gasteiger partial charge in [-0.25, -0.2) is 0 Å². The predicted octanol–water partition coefficient (Wildman–Crippen LogP) is 3.04. The summed E-state index contributed by atoms with van der Waals surface area (Å²) < 4.78 is 8.51. The summed E-state index contributed by atoms with van der Waals surface area (Å²) in [5.74, 6) is 0.872. The van der Waals surface area contributed by atoms with Crippen LogP contribution >= 0.6 is 0 Å². The lowest BCUT2D eigenvalue weighted by atomic mass is 10.0. The summed E-state index contributed by atoms with van der Waals surface area (Å²) in [6, 6.07) is 35.5. The lowest BCUT2D eigenvalue weighted by molar-refractivity contribution is -0.00000634. The molecule has 3 aromatic carbocycles. The number of hydrogen-bond donors (Lipinski definition) is 0. The van der Waals surface area contributed by atoms with Gasteiger partial charge in [0.1, 0.15) is 24.1 Å². The molecule has 5 rings (SSSR count). The Morgan fingerprint density at radius 1 is 0.742 bits per heavy atom.